The number of para-hydroxylation sites is 1. The normalized spacial score (nSPS) is 10.2. The minimum Gasteiger partial charge on any atom is -0.494 e. The molecule has 0 aliphatic rings. The van der Waals surface area contributed by atoms with Gasteiger partial charge in [0.1, 0.15) is 17.2 Å². The van der Waals surface area contributed by atoms with Crippen molar-refractivity contribution in [3.05, 3.63) is 82.9 Å². The number of ether oxygens (including phenoxy) is 2. The molecule has 3 rings (SSSR count). The molecule has 8 nitrogen and oxygen atoms in total. The van der Waals surface area contributed by atoms with Crippen LogP contribution < -0.4 is 19.7 Å². The first-order valence-corrected chi connectivity index (χ1v) is 9.12. The fourth-order valence-corrected chi connectivity index (χ4v) is 2.79. The molecule has 154 valence electrons. The second-order valence-electron chi connectivity index (χ2n) is 6.45. The number of amides is 1. The monoisotopic (exact) mass is 407 g/mol. The molecule has 0 saturated carbocycles. The van der Waals surface area contributed by atoms with E-state index in [9.17, 15) is 14.9 Å². The number of nitrogens with one attached hydrogen (secondary N) is 1. The van der Waals surface area contributed by atoms with E-state index in [-0.39, 0.29) is 23.9 Å². The fraction of sp³-hybridized carbons (Fsp3) is 0.136. The third-order valence-corrected chi connectivity index (χ3v) is 4.31. The molecule has 0 aliphatic carbocycles. The zero-order valence-electron chi connectivity index (χ0n) is 16.6. The van der Waals surface area contributed by atoms with Crippen LogP contribution in [0.4, 0.5) is 17.1 Å². The van der Waals surface area contributed by atoms with Crippen LogP contribution in [0.25, 0.3) is 0 Å². The Kier molecular flexibility index (Phi) is 6.49. The molecule has 0 bridgehead atoms. The van der Waals surface area contributed by atoms with Gasteiger partial charge in [-0.3, -0.25) is 14.9 Å². The van der Waals surface area contributed by atoms with Gasteiger partial charge in [0.05, 0.1) is 30.3 Å². The molecule has 30 heavy (non-hydrogen) atoms. The van der Waals surface area contributed by atoms with Gasteiger partial charge >= 0.3 is 0 Å². The van der Waals surface area contributed by atoms with E-state index in [1.54, 1.807) is 11.9 Å². The van der Waals surface area contributed by atoms with E-state index in [1.165, 1.54) is 25.3 Å². The van der Waals surface area contributed by atoms with Crippen molar-refractivity contribution >= 4 is 23.0 Å². The molecule has 0 spiro atoms. The number of likely N-dealkylation sites (N-methyl/N-ethyl adjacent to an activating group) is 1. The highest BCUT2D eigenvalue weighted by molar-refractivity contribution is 5.95. The maximum Gasteiger partial charge on any atom is 0.273 e. The molecule has 0 unspecified atom stereocenters. The van der Waals surface area contributed by atoms with Gasteiger partial charge in [-0.25, -0.2) is 0 Å². The number of carbonyl (C=O) groups excluding carboxylic acids is 1. The first-order valence-electron chi connectivity index (χ1n) is 9.12. The Hall–Kier alpha value is -4.07. The lowest BCUT2D eigenvalue weighted by Crippen LogP contribution is -2.30. The zero-order valence-corrected chi connectivity index (χ0v) is 16.6. The van der Waals surface area contributed by atoms with Gasteiger partial charge in [0.2, 0.25) is 5.91 Å². The number of nitro groups is 1. The van der Waals surface area contributed by atoms with Crippen molar-refractivity contribution in [3.63, 3.8) is 0 Å². The second kappa shape index (κ2) is 9.42. The van der Waals surface area contributed by atoms with Crippen LogP contribution in [-0.2, 0) is 4.79 Å². The minimum atomic E-state index is -0.521. The van der Waals surface area contributed by atoms with Crippen LogP contribution in [0.1, 0.15) is 0 Å². The van der Waals surface area contributed by atoms with Gasteiger partial charge in [-0.2, -0.15) is 0 Å². The van der Waals surface area contributed by atoms with Gasteiger partial charge in [-0.05, 0) is 42.5 Å². The van der Waals surface area contributed by atoms with Crippen LogP contribution in [0, 0.1) is 10.1 Å². The van der Waals surface area contributed by atoms with Crippen molar-refractivity contribution in [2.75, 3.05) is 30.9 Å². The van der Waals surface area contributed by atoms with E-state index in [0.717, 1.165) is 11.4 Å². The summed E-state index contributed by atoms with van der Waals surface area (Å²) in [7, 11) is 3.18. The molecule has 0 radical (unpaired) electrons. The summed E-state index contributed by atoms with van der Waals surface area (Å²) < 4.78 is 10.9. The van der Waals surface area contributed by atoms with Crippen molar-refractivity contribution in [1.82, 2.24) is 0 Å². The van der Waals surface area contributed by atoms with Crippen molar-refractivity contribution in [3.8, 4) is 17.2 Å². The van der Waals surface area contributed by atoms with E-state index >= 15 is 0 Å². The Balaban J connectivity index is 1.61. The number of methoxy groups -OCH3 is 1. The van der Waals surface area contributed by atoms with Crippen LogP contribution in [-0.4, -0.2) is 31.5 Å². The largest absolute Gasteiger partial charge is 0.494 e. The Labute approximate surface area is 173 Å². The highest BCUT2D eigenvalue weighted by Crippen LogP contribution is 2.29. The number of hydrogen-bond acceptors (Lipinski definition) is 6. The molecule has 1 N–H and O–H groups in total. The zero-order chi connectivity index (χ0) is 21.5. The van der Waals surface area contributed by atoms with Gasteiger partial charge in [0.25, 0.3) is 5.69 Å². The molecule has 0 atom stereocenters. The Bertz CT molecular complexity index is 1020. The van der Waals surface area contributed by atoms with Gasteiger partial charge in [-0.15, -0.1) is 0 Å². The van der Waals surface area contributed by atoms with Crippen molar-refractivity contribution in [2.24, 2.45) is 0 Å². The second-order valence-corrected chi connectivity index (χ2v) is 6.45. The first kappa shape index (κ1) is 20.7. The van der Waals surface area contributed by atoms with Gasteiger partial charge in [-0.1, -0.05) is 18.2 Å². The molecule has 0 aliphatic heterocycles. The number of carbonyl (C=O) groups is 1. The first-order chi connectivity index (χ1) is 14.5. The summed E-state index contributed by atoms with van der Waals surface area (Å²) >= 11 is 0. The lowest BCUT2D eigenvalue weighted by atomic mass is 10.2. The number of benzene rings is 3. The van der Waals surface area contributed by atoms with Crippen LogP contribution in [0.5, 0.6) is 17.2 Å². The van der Waals surface area contributed by atoms with Crippen LogP contribution in [0.3, 0.4) is 0 Å². The predicted molar refractivity (Wildman–Crippen MR) is 115 cm³/mol. The number of nitro benzene ring substituents is 1. The maximum absolute atomic E-state index is 12.4. The van der Waals surface area contributed by atoms with E-state index in [2.05, 4.69) is 5.32 Å². The average molecular weight is 407 g/mol. The third kappa shape index (κ3) is 5.26. The van der Waals surface area contributed by atoms with Crippen molar-refractivity contribution in [1.29, 1.82) is 0 Å². The summed E-state index contributed by atoms with van der Waals surface area (Å²) in [6, 6.07) is 20.9. The van der Waals surface area contributed by atoms with Gasteiger partial charge < -0.3 is 19.7 Å². The van der Waals surface area contributed by atoms with Crippen molar-refractivity contribution < 1.29 is 19.2 Å². The molecule has 0 fully saturated rings. The predicted octanol–water partition coefficient (Wildman–Crippen LogP) is 4.47. The fourth-order valence-electron chi connectivity index (χ4n) is 2.79. The van der Waals surface area contributed by atoms with E-state index in [0.29, 0.717) is 11.4 Å². The highest BCUT2D eigenvalue weighted by Gasteiger charge is 2.14. The van der Waals surface area contributed by atoms with Crippen LogP contribution in [0.2, 0.25) is 0 Å². The number of anilines is 2. The van der Waals surface area contributed by atoms with Crippen LogP contribution >= 0.6 is 0 Å². The summed E-state index contributed by atoms with van der Waals surface area (Å²) in [6.07, 6.45) is 0. The third-order valence-electron chi connectivity index (χ3n) is 4.31. The average Bonchev–Trinajstić information content (AvgIpc) is 2.75. The van der Waals surface area contributed by atoms with Crippen molar-refractivity contribution in [2.45, 2.75) is 0 Å². The quantitative estimate of drug-likeness (QED) is 0.437. The number of hydrogen-bond donors (Lipinski definition) is 1. The topological polar surface area (TPSA) is 93.9 Å². The lowest BCUT2D eigenvalue weighted by Gasteiger charge is -2.19. The van der Waals surface area contributed by atoms with E-state index < -0.39 is 4.92 Å². The SMILES string of the molecule is COc1cc([N+](=O)[O-])ccc1NC(=O)CN(C)c1ccc(Oc2ccccc2)cc1. The molecular formula is C22H21N3O5. The minimum absolute atomic E-state index is 0.0824. The summed E-state index contributed by atoms with van der Waals surface area (Å²) in [4.78, 5) is 24.6. The number of rotatable bonds is 8. The molecule has 8 heteroatoms. The van der Waals surface area contributed by atoms with Crippen LogP contribution in [0.15, 0.2) is 72.8 Å². The Morgan fingerprint density at radius 2 is 1.70 bits per heavy atom. The van der Waals surface area contributed by atoms with E-state index in [1.807, 2.05) is 54.6 Å². The van der Waals surface area contributed by atoms with Gasteiger partial charge in [0, 0.05) is 18.8 Å². The summed E-state index contributed by atoms with van der Waals surface area (Å²) in [5.41, 5.74) is 1.09. The standard InChI is InChI=1S/C22H21N3O5/c1-24(16-8-11-19(12-9-16)30-18-6-4-3-5-7-18)15-22(26)23-20-13-10-17(25(27)28)14-21(20)29-2/h3-14H,15H2,1-2H3,(H,23,26). The summed E-state index contributed by atoms with van der Waals surface area (Å²) in [5, 5.41) is 13.6. The lowest BCUT2D eigenvalue weighted by molar-refractivity contribution is -0.384. The molecule has 3 aromatic carbocycles. The molecular weight excluding hydrogens is 386 g/mol. The number of nitrogens with zero attached hydrogens (tertiary/aromatic N) is 2. The number of non-ortho nitro benzene ring substituents is 1. The molecule has 0 heterocycles. The van der Waals surface area contributed by atoms with E-state index in [4.69, 9.17) is 9.47 Å². The summed E-state index contributed by atoms with van der Waals surface area (Å²) in [6.45, 7) is 0.0824. The Morgan fingerprint density at radius 3 is 2.33 bits per heavy atom. The molecule has 3 aromatic rings. The highest BCUT2D eigenvalue weighted by atomic mass is 16.6. The smallest absolute Gasteiger partial charge is 0.273 e. The Morgan fingerprint density at radius 1 is 1.03 bits per heavy atom. The van der Waals surface area contributed by atoms with Gasteiger partial charge in [0.15, 0.2) is 0 Å². The molecule has 0 aromatic heterocycles. The summed E-state index contributed by atoms with van der Waals surface area (Å²) in [5.74, 6) is 1.38. The maximum atomic E-state index is 12.4. The molecule has 0 saturated heterocycles. The molecule has 1 amide bonds.